The van der Waals surface area contributed by atoms with Crippen LogP contribution < -0.4 is 5.32 Å². The van der Waals surface area contributed by atoms with Crippen LogP contribution in [-0.2, 0) is 27.1 Å². The first-order valence-electron chi connectivity index (χ1n) is 22.0. The molecular weight excluding hydrogens is 817 g/mol. The summed E-state index contributed by atoms with van der Waals surface area (Å²) in [6.45, 7) is 7.28. The highest BCUT2D eigenvalue weighted by Crippen LogP contribution is 2.43. The maximum Gasteiger partial charge on any atom is 0.299 e. The Bertz CT molecular complexity index is 2620. The van der Waals surface area contributed by atoms with Crippen molar-refractivity contribution in [2.45, 2.75) is 116 Å². The molecule has 2 aromatic heterocycles. The van der Waals surface area contributed by atoms with E-state index in [1.54, 1.807) is 4.90 Å². The number of halogens is 4. The van der Waals surface area contributed by atoms with Crippen LogP contribution >= 0.6 is 0 Å². The van der Waals surface area contributed by atoms with E-state index in [0.29, 0.717) is 53.5 Å². The SMILES string of the molecule is C.C.C#CC(=O)N1[C@@H](CCCC)Cc2c([nH]c3c(F)cc(F)cc23)[C@@H]1c1ccc(C2COC2)cc1.CCCC[C@H]1Cc2c([nH]c3c(F)cc(F)cc23)[C@@H](c2ccc(C3COC3)cc2)N1. The zero-order valence-corrected chi connectivity index (χ0v) is 35.1. The van der Waals surface area contributed by atoms with Gasteiger partial charge >= 0.3 is 0 Å². The number of benzene rings is 4. The Morgan fingerprint density at radius 1 is 0.688 bits per heavy atom. The number of amides is 1. The van der Waals surface area contributed by atoms with Gasteiger partial charge in [-0.1, -0.05) is 103 Å². The molecule has 4 atom stereocenters. The smallest absolute Gasteiger partial charge is 0.299 e. The fourth-order valence-corrected chi connectivity index (χ4v) is 9.85. The molecule has 0 spiro atoms. The van der Waals surface area contributed by atoms with E-state index in [1.807, 2.05) is 12.1 Å². The highest BCUT2D eigenvalue weighted by molar-refractivity contribution is 5.95. The summed E-state index contributed by atoms with van der Waals surface area (Å²) in [7, 11) is 0. The Hall–Kier alpha value is -5.41. The number of hydrogen-bond donors (Lipinski definition) is 3. The number of nitrogens with one attached hydrogen (secondary N) is 3. The van der Waals surface area contributed by atoms with Crippen LogP contribution in [0.25, 0.3) is 21.8 Å². The molecule has 1 amide bonds. The molecule has 0 saturated carbocycles. The lowest BCUT2D eigenvalue weighted by molar-refractivity contribution is -0.130. The zero-order chi connectivity index (χ0) is 43.1. The topological polar surface area (TPSA) is 82.4 Å². The first-order valence-corrected chi connectivity index (χ1v) is 22.0. The largest absolute Gasteiger partial charge is 0.380 e. The second kappa shape index (κ2) is 19.8. The van der Waals surface area contributed by atoms with E-state index in [9.17, 15) is 22.4 Å². The lowest BCUT2D eigenvalue weighted by Gasteiger charge is -2.41. The Balaban J connectivity index is 0.000000187. The number of carbonyl (C=O) groups excluding carboxylic acids is 1. The van der Waals surface area contributed by atoms with Gasteiger partial charge in [-0.3, -0.25) is 4.79 Å². The molecule has 64 heavy (non-hydrogen) atoms. The van der Waals surface area contributed by atoms with E-state index in [4.69, 9.17) is 15.9 Å². The maximum atomic E-state index is 14.7. The van der Waals surface area contributed by atoms with Crippen molar-refractivity contribution in [3.63, 3.8) is 0 Å². The number of ether oxygens (including phenoxy) is 2. The van der Waals surface area contributed by atoms with Crippen LogP contribution in [-0.4, -0.2) is 59.3 Å². The standard InChI is InChI=1S/C27H26F2N2O2.C24H26F2N2O.2CH4/c1-3-5-6-20-13-22-21-11-19(28)12-23(29)25(21)30-26(22)27(31(20)24(32)4-2)17-9-7-16(8-10-17)18-14-33-15-18;1-2-3-4-18-11-20-19-9-17(25)10-21(26)23(19)28-24(20)22(27-18)15-7-5-14(6-8-15)16-12-29-13-16;;/h2,7-12,18,20,27,30H,3,5-6,13-15H2,1H3;5-10,16,18,22,27-28H,2-4,11-13H2,1H3;2*1H4/t20-,27-;18-,22+;;/m00../s1. The van der Waals surface area contributed by atoms with E-state index in [0.717, 1.165) is 98.2 Å². The minimum absolute atomic E-state index is 0. The molecule has 0 unspecified atom stereocenters. The minimum atomic E-state index is -0.640. The van der Waals surface area contributed by atoms with Gasteiger partial charge in [0.2, 0.25) is 0 Å². The lowest BCUT2D eigenvalue weighted by atomic mass is 9.85. The second-order valence-corrected chi connectivity index (χ2v) is 17.4. The fourth-order valence-electron chi connectivity index (χ4n) is 9.85. The molecule has 4 aliphatic rings. The van der Waals surface area contributed by atoms with Gasteiger partial charge in [0.25, 0.3) is 5.91 Å². The summed E-state index contributed by atoms with van der Waals surface area (Å²) >= 11 is 0. The second-order valence-electron chi connectivity index (χ2n) is 17.4. The molecule has 0 radical (unpaired) electrons. The summed E-state index contributed by atoms with van der Waals surface area (Å²) < 4.78 is 67.8. The van der Waals surface area contributed by atoms with Gasteiger partial charge in [-0.25, -0.2) is 17.6 Å². The van der Waals surface area contributed by atoms with Crippen LogP contribution in [0.4, 0.5) is 17.6 Å². The van der Waals surface area contributed by atoms with E-state index < -0.39 is 35.2 Å². The van der Waals surface area contributed by atoms with Crippen molar-refractivity contribution < 1.29 is 31.8 Å². The Morgan fingerprint density at radius 3 is 1.67 bits per heavy atom. The number of H-pyrrole nitrogens is 2. The van der Waals surface area contributed by atoms with Crippen molar-refractivity contribution in [1.29, 1.82) is 0 Å². The highest BCUT2D eigenvalue weighted by atomic mass is 19.1. The third-order valence-electron chi connectivity index (χ3n) is 13.4. The van der Waals surface area contributed by atoms with Gasteiger partial charge in [-0.2, -0.15) is 0 Å². The van der Waals surface area contributed by atoms with Crippen molar-refractivity contribution in [1.82, 2.24) is 20.2 Å². The number of aromatic amines is 2. The predicted molar refractivity (Wildman–Crippen MR) is 246 cm³/mol. The minimum Gasteiger partial charge on any atom is -0.380 e. The van der Waals surface area contributed by atoms with E-state index >= 15 is 0 Å². The molecule has 4 aromatic carbocycles. The van der Waals surface area contributed by atoms with Gasteiger partial charge in [0, 0.05) is 58.2 Å². The average molecular weight is 877 g/mol. The van der Waals surface area contributed by atoms with Crippen LogP contribution in [0.15, 0.2) is 72.8 Å². The zero-order valence-electron chi connectivity index (χ0n) is 35.1. The molecule has 2 fully saturated rings. The summed E-state index contributed by atoms with van der Waals surface area (Å²) in [5.74, 6) is 0.463. The van der Waals surface area contributed by atoms with E-state index in [2.05, 4.69) is 71.5 Å². The molecule has 6 aromatic rings. The van der Waals surface area contributed by atoms with Crippen molar-refractivity contribution in [3.8, 4) is 12.3 Å². The van der Waals surface area contributed by atoms with E-state index in [1.165, 1.54) is 23.3 Å². The molecule has 0 aliphatic carbocycles. The molecule has 4 aliphatic heterocycles. The Kier molecular flexibility index (Phi) is 14.4. The maximum absolute atomic E-state index is 14.7. The Labute approximate surface area is 374 Å². The molecule has 0 bridgehead atoms. The third kappa shape index (κ3) is 8.85. The quantitative estimate of drug-likeness (QED) is 0.0946. The van der Waals surface area contributed by atoms with Crippen LogP contribution in [0.1, 0.15) is 136 Å². The highest BCUT2D eigenvalue weighted by Gasteiger charge is 2.40. The first kappa shape index (κ1) is 46.6. The summed E-state index contributed by atoms with van der Waals surface area (Å²) in [6, 6.07) is 21.0. The number of aromatic nitrogens is 2. The fraction of sp³-hybridized carbons (Fsp3) is 0.415. The number of rotatable bonds is 10. The number of nitrogens with zero attached hydrogens (tertiary/aromatic N) is 1. The monoisotopic (exact) mass is 876 g/mol. The van der Waals surface area contributed by atoms with E-state index in [-0.39, 0.29) is 38.5 Å². The molecule has 10 rings (SSSR count). The average Bonchev–Trinajstić information content (AvgIpc) is 3.79. The summed E-state index contributed by atoms with van der Waals surface area (Å²) in [4.78, 5) is 21.2. The van der Waals surface area contributed by atoms with Gasteiger partial charge in [0.1, 0.15) is 23.3 Å². The number of carbonyl (C=O) groups is 1. The summed E-state index contributed by atoms with van der Waals surface area (Å²) in [6.07, 6.45) is 12.8. The van der Waals surface area contributed by atoms with Crippen LogP contribution in [0.3, 0.4) is 0 Å². The van der Waals surface area contributed by atoms with Gasteiger partial charge < -0.3 is 29.7 Å². The molecule has 338 valence electrons. The van der Waals surface area contributed by atoms with Crippen LogP contribution in [0.5, 0.6) is 0 Å². The number of fused-ring (bicyclic) bond motifs is 6. The van der Waals surface area contributed by atoms with Crippen LogP contribution in [0, 0.1) is 35.6 Å². The van der Waals surface area contributed by atoms with Crippen LogP contribution in [0.2, 0.25) is 0 Å². The lowest BCUT2D eigenvalue weighted by Crippen LogP contribution is -2.47. The van der Waals surface area contributed by atoms with Gasteiger partial charge in [0.05, 0.1) is 49.5 Å². The number of hydrogen-bond acceptors (Lipinski definition) is 4. The third-order valence-corrected chi connectivity index (χ3v) is 13.4. The Morgan fingerprint density at radius 2 is 1.17 bits per heavy atom. The molecular formula is C53H60F4N4O3. The van der Waals surface area contributed by atoms with Crippen molar-refractivity contribution in [3.05, 3.63) is 141 Å². The molecule has 3 N–H and O–H groups in total. The van der Waals surface area contributed by atoms with Crippen molar-refractivity contribution in [2.24, 2.45) is 0 Å². The number of terminal acetylenes is 1. The summed E-state index contributed by atoms with van der Waals surface area (Å²) in [5.41, 5.74) is 8.73. The predicted octanol–water partition coefficient (Wildman–Crippen LogP) is 11.9. The molecule has 2 saturated heterocycles. The first-order chi connectivity index (χ1) is 30.1. The van der Waals surface area contributed by atoms with Crippen molar-refractivity contribution in [2.75, 3.05) is 26.4 Å². The number of unbranched alkanes of at least 4 members (excludes halogenated alkanes) is 2. The van der Waals surface area contributed by atoms with Gasteiger partial charge in [0.15, 0.2) is 0 Å². The van der Waals surface area contributed by atoms with Gasteiger partial charge in [-0.15, -0.1) is 6.42 Å². The summed E-state index contributed by atoms with van der Waals surface area (Å²) in [5, 5.41) is 4.97. The normalized spacial score (nSPS) is 20.4. The van der Waals surface area contributed by atoms with Crippen molar-refractivity contribution >= 4 is 27.7 Å². The molecule has 11 heteroatoms. The molecule has 6 heterocycles. The van der Waals surface area contributed by atoms with Gasteiger partial charge in [-0.05, 0) is 77.1 Å². The molecule has 7 nitrogen and oxygen atoms in total.